The van der Waals surface area contributed by atoms with Crippen molar-refractivity contribution in [3.8, 4) is 11.3 Å². The Labute approximate surface area is 151 Å². The third kappa shape index (κ3) is 4.69. The number of nitrogens with one attached hydrogen (secondary N) is 1. The van der Waals surface area contributed by atoms with Crippen molar-refractivity contribution in [3.05, 3.63) is 36.4 Å². The summed E-state index contributed by atoms with van der Waals surface area (Å²) in [5.74, 6) is 2.32. The summed E-state index contributed by atoms with van der Waals surface area (Å²) in [6.07, 6.45) is 0. The highest BCUT2D eigenvalue weighted by molar-refractivity contribution is 5.64. The summed E-state index contributed by atoms with van der Waals surface area (Å²) in [4.78, 5) is 14.4. The van der Waals surface area contributed by atoms with E-state index in [9.17, 15) is 0 Å². The molecular formula is C20H29N5. The van der Waals surface area contributed by atoms with Gasteiger partial charge in [-0.05, 0) is 12.5 Å². The van der Waals surface area contributed by atoms with Crippen molar-refractivity contribution in [1.29, 1.82) is 0 Å². The largest absolute Gasteiger partial charge is 0.370 e. The number of likely N-dealkylation sites (N-methyl/N-ethyl adjacent to an activating group) is 1. The van der Waals surface area contributed by atoms with E-state index in [0.717, 1.165) is 62.3 Å². The topological polar surface area (TPSA) is 44.3 Å². The summed E-state index contributed by atoms with van der Waals surface area (Å²) >= 11 is 0. The summed E-state index contributed by atoms with van der Waals surface area (Å²) in [6.45, 7) is 12.8. The fourth-order valence-electron chi connectivity index (χ4n) is 3.00. The van der Waals surface area contributed by atoms with Crippen LogP contribution >= 0.6 is 0 Å². The summed E-state index contributed by atoms with van der Waals surface area (Å²) in [7, 11) is 0. The van der Waals surface area contributed by atoms with Crippen LogP contribution in [0.1, 0.15) is 20.8 Å². The van der Waals surface area contributed by atoms with Gasteiger partial charge in [0.2, 0.25) is 5.95 Å². The molecular weight excluding hydrogens is 310 g/mol. The molecule has 2 heterocycles. The van der Waals surface area contributed by atoms with Crippen LogP contribution in [0.3, 0.4) is 0 Å². The van der Waals surface area contributed by atoms with Crippen LogP contribution in [0.2, 0.25) is 0 Å². The lowest BCUT2D eigenvalue weighted by Crippen LogP contribution is -2.46. The van der Waals surface area contributed by atoms with E-state index in [1.807, 2.05) is 6.07 Å². The summed E-state index contributed by atoms with van der Waals surface area (Å²) < 4.78 is 0. The van der Waals surface area contributed by atoms with Gasteiger partial charge >= 0.3 is 0 Å². The highest BCUT2D eigenvalue weighted by atomic mass is 15.3. The summed E-state index contributed by atoms with van der Waals surface area (Å²) in [6, 6.07) is 12.4. The van der Waals surface area contributed by atoms with Gasteiger partial charge in [-0.25, -0.2) is 4.98 Å². The zero-order valence-corrected chi connectivity index (χ0v) is 15.6. The predicted molar refractivity (Wildman–Crippen MR) is 105 cm³/mol. The van der Waals surface area contributed by atoms with Gasteiger partial charge in [0.25, 0.3) is 0 Å². The number of anilines is 2. The second-order valence-corrected chi connectivity index (χ2v) is 7.00. The summed E-state index contributed by atoms with van der Waals surface area (Å²) in [5.41, 5.74) is 2.11. The van der Waals surface area contributed by atoms with Gasteiger partial charge in [-0.2, -0.15) is 4.98 Å². The van der Waals surface area contributed by atoms with E-state index in [1.165, 1.54) is 0 Å². The Balaban J connectivity index is 1.87. The van der Waals surface area contributed by atoms with Crippen LogP contribution in [0.5, 0.6) is 0 Å². The molecule has 3 rings (SSSR count). The minimum atomic E-state index is 0.576. The highest BCUT2D eigenvalue weighted by Crippen LogP contribution is 2.23. The van der Waals surface area contributed by atoms with Crippen LogP contribution in [0.15, 0.2) is 36.4 Å². The maximum absolute atomic E-state index is 4.86. The fraction of sp³-hybridized carbons (Fsp3) is 0.500. The molecule has 0 radical (unpaired) electrons. The zero-order valence-electron chi connectivity index (χ0n) is 15.6. The monoisotopic (exact) mass is 339 g/mol. The standard InChI is InChI=1S/C20H29N5/c1-4-24-10-12-25(13-11-24)20-22-18(17-8-6-5-7-9-17)14-19(23-20)21-15-16(2)3/h5-9,14,16H,4,10-13,15H2,1-3H3,(H,21,22,23). The van der Waals surface area contributed by atoms with Crippen LogP contribution in [-0.2, 0) is 0 Å². The van der Waals surface area contributed by atoms with Gasteiger partial charge in [0.15, 0.2) is 0 Å². The Morgan fingerprint density at radius 1 is 1.04 bits per heavy atom. The third-order valence-corrected chi connectivity index (χ3v) is 4.58. The third-order valence-electron chi connectivity index (χ3n) is 4.58. The van der Waals surface area contributed by atoms with Crippen molar-refractivity contribution < 1.29 is 0 Å². The van der Waals surface area contributed by atoms with Crippen LogP contribution in [0.25, 0.3) is 11.3 Å². The van der Waals surface area contributed by atoms with E-state index in [2.05, 4.69) is 66.2 Å². The van der Waals surface area contributed by atoms with Gasteiger partial charge in [0.1, 0.15) is 5.82 Å². The maximum Gasteiger partial charge on any atom is 0.227 e. The average molecular weight is 339 g/mol. The Morgan fingerprint density at radius 2 is 1.76 bits per heavy atom. The number of benzene rings is 1. The molecule has 0 spiro atoms. The van der Waals surface area contributed by atoms with Crippen LogP contribution < -0.4 is 10.2 Å². The summed E-state index contributed by atoms with van der Waals surface area (Å²) in [5, 5.41) is 3.47. The number of nitrogens with zero attached hydrogens (tertiary/aromatic N) is 4. The second kappa shape index (κ2) is 8.30. The molecule has 2 aromatic rings. The van der Waals surface area contributed by atoms with Gasteiger partial charge in [-0.1, -0.05) is 51.1 Å². The molecule has 0 bridgehead atoms. The minimum Gasteiger partial charge on any atom is -0.370 e. The first-order chi connectivity index (χ1) is 12.2. The van der Waals surface area contributed by atoms with Gasteiger partial charge < -0.3 is 15.1 Å². The maximum atomic E-state index is 4.86. The van der Waals surface area contributed by atoms with E-state index >= 15 is 0 Å². The number of aromatic nitrogens is 2. The average Bonchev–Trinajstić information content (AvgIpc) is 2.67. The minimum absolute atomic E-state index is 0.576. The second-order valence-electron chi connectivity index (χ2n) is 7.00. The van der Waals surface area contributed by atoms with Gasteiger partial charge in [0, 0.05) is 44.4 Å². The molecule has 5 heteroatoms. The van der Waals surface area contributed by atoms with Crippen LogP contribution in [0, 0.1) is 5.92 Å². The molecule has 1 aliphatic heterocycles. The first-order valence-electron chi connectivity index (χ1n) is 9.31. The molecule has 134 valence electrons. The van der Waals surface area contributed by atoms with Crippen molar-refractivity contribution in [2.75, 3.05) is 49.5 Å². The molecule has 25 heavy (non-hydrogen) atoms. The molecule has 5 nitrogen and oxygen atoms in total. The molecule has 0 saturated carbocycles. The highest BCUT2D eigenvalue weighted by Gasteiger charge is 2.19. The molecule has 1 aromatic carbocycles. The van der Waals surface area contributed by atoms with Crippen molar-refractivity contribution >= 4 is 11.8 Å². The normalized spacial score (nSPS) is 15.6. The zero-order chi connectivity index (χ0) is 17.6. The van der Waals surface area contributed by atoms with Gasteiger partial charge in [-0.15, -0.1) is 0 Å². The fourth-order valence-corrected chi connectivity index (χ4v) is 3.00. The smallest absolute Gasteiger partial charge is 0.227 e. The number of hydrogen-bond donors (Lipinski definition) is 1. The molecule has 0 aliphatic carbocycles. The molecule has 0 atom stereocenters. The van der Waals surface area contributed by atoms with Crippen molar-refractivity contribution in [2.45, 2.75) is 20.8 Å². The number of piperazine rings is 1. The van der Waals surface area contributed by atoms with Crippen molar-refractivity contribution in [1.82, 2.24) is 14.9 Å². The Hall–Kier alpha value is -2.14. The van der Waals surface area contributed by atoms with Crippen LogP contribution in [0.4, 0.5) is 11.8 Å². The molecule has 1 fully saturated rings. The lowest BCUT2D eigenvalue weighted by molar-refractivity contribution is 0.270. The Kier molecular flexibility index (Phi) is 5.87. The van der Waals surface area contributed by atoms with E-state index < -0.39 is 0 Å². The number of rotatable bonds is 6. The first kappa shape index (κ1) is 17.7. The number of hydrogen-bond acceptors (Lipinski definition) is 5. The molecule has 1 aliphatic rings. The molecule has 0 unspecified atom stereocenters. The Morgan fingerprint density at radius 3 is 2.40 bits per heavy atom. The molecule has 1 saturated heterocycles. The molecule has 0 amide bonds. The molecule has 1 N–H and O–H groups in total. The van der Waals surface area contributed by atoms with Gasteiger partial charge in [0.05, 0.1) is 5.69 Å². The van der Waals surface area contributed by atoms with E-state index in [1.54, 1.807) is 0 Å². The lowest BCUT2D eigenvalue weighted by atomic mass is 10.1. The van der Waals surface area contributed by atoms with E-state index in [0.29, 0.717) is 5.92 Å². The SMILES string of the molecule is CCN1CCN(c2nc(NCC(C)C)cc(-c3ccccc3)n2)CC1. The lowest BCUT2D eigenvalue weighted by Gasteiger charge is -2.34. The predicted octanol–water partition coefficient (Wildman–Crippen LogP) is 3.35. The van der Waals surface area contributed by atoms with Crippen molar-refractivity contribution in [2.24, 2.45) is 5.92 Å². The quantitative estimate of drug-likeness (QED) is 0.874. The van der Waals surface area contributed by atoms with Crippen LogP contribution in [-0.4, -0.2) is 54.1 Å². The Bertz CT molecular complexity index is 663. The van der Waals surface area contributed by atoms with Gasteiger partial charge in [-0.3, -0.25) is 0 Å². The van der Waals surface area contributed by atoms with Crippen molar-refractivity contribution in [3.63, 3.8) is 0 Å². The van der Waals surface area contributed by atoms with E-state index in [-0.39, 0.29) is 0 Å². The first-order valence-corrected chi connectivity index (χ1v) is 9.31. The molecule has 1 aromatic heterocycles. The van der Waals surface area contributed by atoms with E-state index in [4.69, 9.17) is 9.97 Å².